The van der Waals surface area contributed by atoms with Crippen molar-refractivity contribution in [3.05, 3.63) is 47.6 Å². The van der Waals surface area contributed by atoms with Crippen molar-refractivity contribution in [1.29, 1.82) is 0 Å². The Bertz CT molecular complexity index is 883. The zero-order chi connectivity index (χ0) is 18.1. The first-order chi connectivity index (χ1) is 12.5. The maximum Gasteiger partial charge on any atom is 0.417 e. The second kappa shape index (κ2) is 6.75. The molecule has 3 aromatic heterocycles. The lowest BCUT2D eigenvalue weighted by Crippen LogP contribution is -2.39. The van der Waals surface area contributed by atoms with Crippen molar-refractivity contribution in [2.45, 2.75) is 25.1 Å². The molecule has 0 aromatic carbocycles. The van der Waals surface area contributed by atoms with Gasteiger partial charge in [-0.05, 0) is 42.5 Å². The maximum atomic E-state index is 12.6. The van der Waals surface area contributed by atoms with Crippen LogP contribution in [0.1, 0.15) is 18.4 Å². The predicted molar refractivity (Wildman–Crippen MR) is 97.7 cm³/mol. The van der Waals surface area contributed by atoms with Gasteiger partial charge in [0.1, 0.15) is 5.82 Å². The third-order valence-electron chi connectivity index (χ3n) is 4.60. The number of aromatic nitrogens is 2. The number of halogens is 3. The van der Waals surface area contributed by atoms with E-state index in [0.29, 0.717) is 11.9 Å². The number of hydrogen-bond acceptors (Lipinski definition) is 5. The van der Waals surface area contributed by atoms with Gasteiger partial charge in [0, 0.05) is 31.5 Å². The molecule has 0 unspecified atom stereocenters. The van der Waals surface area contributed by atoms with Crippen molar-refractivity contribution in [1.82, 2.24) is 9.97 Å². The van der Waals surface area contributed by atoms with Crippen LogP contribution >= 0.6 is 11.3 Å². The summed E-state index contributed by atoms with van der Waals surface area (Å²) in [7, 11) is 0. The Hall–Kier alpha value is -2.35. The highest BCUT2D eigenvalue weighted by molar-refractivity contribution is 7.17. The topological polar surface area (TPSA) is 41.0 Å². The van der Waals surface area contributed by atoms with Gasteiger partial charge in [-0.2, -0.15) is 13.2 Å². The smallest absolute Gasteiger partial charge is 0.381 e. The fourth-order valence-corrected chi connectivity index (χ4v) is 4.03. The zero-order valence-electron chi connectivity index (χ0n) is 13.8. The van der Waals surface area contributed by atoms with Crippen molar-refractivity contribution in [2.24, 2.45) is 0 Å². The minimum Gasteiger partial charge on any atom is -0.381 e. The van der Waals surface area contributed by atoms with Gasteiger partial charge in [-0.1, -0.05) is 0 Å². The van der Waals surface area contributed by atoms with E-state index in [2.05, 4.69) is 15.3 Å². The Morgan fingerprint density at radius 3 is 2.58 bits per heavy atom. The van der Waals surface area contributed by atoms with E-state index in [1.54, 1.807) is 17.5 Å². The van der Waals surface area contributed by atoms with Crippen LogP contribution in [0.4, 0.5) is 24.7 Å². The molecule has 0 amide bonds. The van der Waals surface area contributed by atoms with Crippen LogP contribution in [-0.4, -0.2) is 29.1 Å². The quantitative estimate of drug-likeness (QED) is 0.711. The molecule has 4 heterocycles. The number of hydrogen-bond donors (Lipinski definition) is 1. The van der Waals surface area contributed by atoms with E-state index in [0.717, 1.165) is 54.1 Å². The Kier molecular flexibility index (Phi) is 4.44. The van der Waals surface area contributed by atoms with Crippen LogP contribution in [0, 0.1) is 0 Å². The van der Waals surface area contributed by atoms with E-state index in [9.17, 15) is 13.2 Å². The van der Waals surface area contributed by atoms with Crippen LogP contribution in [0.15, 0.2) is 42.0 Å². The maximum absolute atomic E-state index is 12.6. The SMILES string of the molecule is FC(F)(F)c1ccc(N2CCC(Nc3ccnc4ccsc34)CC2)nc1. The lowest BCUT2D eigenvalue weighted by Gasteiger charge is -2.33. The number of pyridine rings is 2. The summed E-state index contributed by atoms with van der Waals surface area (Å²) in [5.41, 5.74) is 1.37. The molecule has 4 rings (SSSR count). The van der Waals surface area contributed by atoms with E-state index in [-0.39, 0.29) is 0 Å². The molecule has 4 nitrogen and oxygen atoms in total. The number of alkyl halides is 3. The minimum absolute atomic E-state index is 0.327. The number of rotatable bonds is 3. The van der Waals surface area contributed by atoms with Gasteiger partial charge < -0.3 is 10.2 Å². The first kappa shape index (κ1) is 17.1. The van der Waals surface area contributed by atoms with Crippen LogP contribution in [0.2, 0.25) is 0 Å². The molecule has 0 spiro atoms. The van der Waals surface area contributed by atoms with Gasteiger partial charge >= 0.3 is 6.18 Å². The lowest BCUT2D eigenvalue weighted by molar-refractivity contribution is -0.137. The molecular formula is C18H17F3N4S. The summed E-state index contributed by atoms with van der Waals surface area (Å²) in [6, 6.07) is 6.87. The van der Waals surface area contributed by atoms with Crippen molar-refractivity contribution in [2.75, 3.05) is 23.3 Å². The molecule has 26 heavy (non-hydrogen) atoms. The summed E-state index contributed by atoms with van der Waals surface area (Å²) in [5, 5.41) is 5.62. The number of thiophene rings is 1. The summed E-state index contributed by atoms with van der Waals surface area (Å²) >= 11 is 1.67. The molecular weight excluding hydrogens is 361 g/mol. The van der Waals surface area contributed by atoms with Crippen molar-refractivity contribution >= 4 is 33.1 Å². The minimum atomic E-state index is -4.35. The van der Waals surface area contributed by atoms with E-state index in [1.807, 2.05) is 22.4 Å². The summed E-state index contributed by atoms with van der Waals surface area (Å²) in [5.74, 6) is 0.598. The van der Waals surface area contributed by atoms with Crippen LogP contribution < -0.4 is 10.2 Å². The molecule has 0 radical (unpaired) electrons. The summed E-state index contributed by atoms with van der Waals surface area (Å²) < 4.78 is 39.1. The number of anilines is 2. The van der Waals surface area contributed by atoms with Gasteiger partial charge in [0.15, 0.2) is 0 Å². The van der Waals surface area contributed by atoms with Gasteiger partial charge in [-0.25, -0.2) is 4.98 Å². The fraction of sp³-hybridized carbons (Fsp3) is 0.333. The molecule has 1 aliphatic rings. The predicted octanol–water partition coefficient (Wildman–Crippen LogP) is 4.79. The molecule has 136 valence electrons. The summed E-state index contributed by atoms with van der Waals surface area (Å²) in [6.45, 7) is 1.52. The van der Waals surface area contributed by atoms with Gasteiger partial charge in [0.25, 0.3) is 0 Å². The Labute approximate surface area is 152 Å². The number of nitrogens with one attached hydrogen (secondary N) is 1. The molecule has 1 saturated heterocycles. The van der Waals surface area contributed by atoms with Gasteiger partial charge in [-0.15, -0.1) is 11.3 Å². The Morgan fingerprint density at radius 1 is 1.08 bits per heavy atom. The monoisotopic (exact) mass is 378 g/mol. The molecule has 0 bridgehead atoms. The number of fused-ring (bicyclic) bond motifs is 1. The molecule has 3 aromatic rings. The largest absolute Gasteiger partial charge is 0.417 e. The van der Waals surface area contributed by atoms with Gasteiger partial charge in [0.05, 0.1) is 21.5 Å². The molecule has 0 atom stereocenters. The number of piperidine rings is 1. The fourth-order valence-electron chi connectivity index (χ4n) is 3.20. The lowest BCUT2D eigenvalue weighted by atomic mass is 10.0. The van der Waals surface area contributed by atoms with Crippen molar-refractivity contribution in [3.63, 3.8) is 0 Å². The van der Waals surface area contributed by atoms with E-state index >= 15 is 0 Å². The van der Waals surface area contributed by atoms with Crippen LogP contribution in [0.25, 0.3) is 10.2 Å². The standard InChI is InChI=1S/C18H17F3N4S/c19-18(20,21)12-1-2-16(23-11-12)25-8-4-13(5-9-25)24-15-3-7-22-14-6-10-26-17(14)15/h1-3,6-7,10-11,13H,4-5,8-9H2,(H,22,24). The molecule has 8 heteroatoms. The van der Waals surface area contributed by atoms with Crippen LogP contribution in [0.5, 0.6) is 0 Å². The normalized spacial score (nSPS) is 16.2. The van der Waals surface area contributed by atoms with Crippen molar-refractivity contribution < 1.29 is 13.2 Å². The average molecular weight is 378 g/mol. The molecule has 0 saturated carbocycles. The average Bonchev–Trinajstić information content (AvgIpc) is 3.12. The number of nitrogens with zero attached hydrogens (tertiary/aromatic N) is 3. The highest BCUT2D eigenvalue weighted by atomic mass is 32.1. The molecule has 0 aliphatic carbocycles. The van der Waals surface area contributed by atoms with Crippen LogP contribution in [0.3, 0.4) is 0 Å². The summed E-state index contributed by atoms with van der Waals surface area (Å²) in [6.07, 6.45) is 0.165. The molecule has 1 aliphatic heterocycles. The second-order valence-electron chi connectivity index (χ2n) is 6.30. The first-order valence-corrected chi connectivity index (χ1v) is 9.25. The van der Waals surface area contributed by atoms with Crippen LogP contribution in [-0.2, 0) is 6.18 Å². The highest BCUT2D eigenvalue weighted by Crippen LogP contribution is 2.31. The van der Waals surface area contributed by atoms with E-state index in [1.165, 1.54) is 6.07 Å². The third-order valence-corrected chi connectivity index (χ3v) is 5.53. The molecule has 1 N–H and O–H groups in total. The van der Waals surface area contributed by atoms with Gasteiger partial charge in [0.2, 0.25) is 0 Å². The van der Waals surface area contributed by atoms with E-state index < -0.39 is 11.7 Å². The Morgan fingerprint density at radius 2 is 1.88 bits per heavy atom. The Balaban J connectivity index is 1.39. The van der Waals surface area contributed by atoms with Gasteiger partial charge in [-0.3, -0.25) is 4.98 Å². The summed E-state index contributed by atoms with van der Waals surface area (Å²) in [4.78, 5) is 10.4. The molecule has 1 fully saturated rings. The second-order valence-corrected chi connectivity index (χ2v) is 7.22. The van der Waals surface area contributed by atoms with Crippen molar-refractivity contribution in [3.8, 4) is 0 Å². The van der Waals surface area contributed by atoms with E-state index in [4.69, 9.17) is 0 Å². The first-order valence-electron chi connectivity index (χ1n) is 8.37. The zero-order valence-corrected chi connectivity index (χ0v) is 14.6. The third kappa shape index (κ3) is 3.46. The highest BCUT2D eigenvalue weighted by Gasteiger charge is 2.31.